The molecule has 0 radical (unpaired) electrons. The molecule has 0 aromatic heterocycles. The van der Waals surface area contributed by atoms with Crippen molar-refractivity contribution in [2.45, 2.75) is 90.6 Å². The third-order valence-electron chi connectivity index (χ3n) is 4.76. The molecule has 1 aromatic rings. The Morgan fingerprint density at radius 1 is 1.00 bits per heavy atom. The molecule has 0 saturated carbocycles. The summed E-state index contributed by atoms with van der Waals surface area (Å²) in [4.78, 5) is 0. The normalized spacial score (nSPS) is 17.0. The van der Waals surface area contributed by atoms with E-state index in [1.807, 2.05) is 6.07 Å². The van der Waals surface area contributed by atoms with Crippen molar-refractivity contribution in [3.63, 3.8) is 0 Å². The summed E-state index contributed by atoms with van der Waals surface area (Å²) in [6.45, 7) is 4.31. The van der Waals surface area contributed by atoms with E-state index in [4.69, 9.17) is 4.74 Å². The van der Waals surface area contributed by atoms with Crippen LogP contribution in [-0.4, -0.2) is 6.10 Å². The van der Waals surface area contributed by atoms with Crippen LogP contribution in [0.5, 0.6) is 5.75 Å². The van der Waals surface area contributed by atoms with Gasteiger partial charge in [-0.15, -0.1) is 0 Å². The van der Waals surface area contributed by atoms with Gasteiger partial charge in [0.1, 0.15) is 0 Å². The van der Waals surface area contributed by atoms with E-state index in [-0.39, 0.29) is 11.9 Å². The van der Waals surface area contributed by atoms with Crippen LogP contribution in [0.1, 0.15) is 82.8 Å². The maximum Gasteiger partial charge on any atom is 0.201 e. The highest BCUT2D eigenvalue weighted by Gasteiger charge is 2.26. The van der Waals surface area contributed by atoms with Crippen LogP contribution < -0.4 is 4.74 Å². The lowest BCUT2D eigenvalue weighted by Gasteiger charge is -2.27. The van der Waals surface area contributed by atoms with Crippen LogP contribution in [0.4, 0.5) is 8.78 Å². The summed E-state index contributed by atoms with van der Waals surface area (Å²) in [6.07, 6.45) is 11.0. The zero-order chi connectivity index (χ0) is 16.7. The molecular weight excluding hydrogens is 294 g/mol. The fraction of sp³-hybridized carbons (Fsp3) is 0.700. The molecule has 1 aliphatic rings. The van der Waals surface area contributed by atoms with Gasteiger partial charge in [-0.25, -0.2) is 4.39 Å². The van der Waals surface area contributed by atoms with Crippen molar-refractivity contribution in [3.8, 4) is 5.75 Å². The summed E-state index contributed by atoms with van der Waals surface area (Å²) in [6, 6.07) is 1.84. The molecule has 1 aliphatic heterocycles. The first-order valence-electron chi connectivity index (χ1n) is 9.33. The van der Waals surface area contributed by atoms with E-state index in [9.17, 15) is 8.78 Å². The first kappa shape index (κ1) is 18.2. The maximum atomic E-state index is 14.4. The number of hydrogen-bond donors (Lipinski definition) is 0. The van der Waals surface area contributed by atoms with E-state index in [0.29, 0.717) is 12.0 Å². The van der Waals surface area contributed by atoms with Crippen molar-refractivity contribution >= 4 is 0 Å². The van der Waals surface area contributed by atoms with Gasteiger partial charge in [0.15, 0.2) is 11.6 Å². The second-order valence-electron chi connectivity index (χ2n) is 6.74. The number of ether oxygens (including phenoxy) is 1. The molecule has 2 rings (SSSR count). The largest absolute Gasteiger partial charge is 0.487 e. The number of hydrogen-bond acceptors (Lipinski definition) is 1. The summed E-state index contributed by atoms with van der Waals surface area (Å²) in [5, 5.41) is 0. The monoisotopic (exact) mass is 324 g/mol. The number of fused-ring (bicyclic) bond motifs is 1. The Labute approximate surface area is 139 Å². The molecule has 1 unspecified atom stereocenters. The number of benzene rings is 1. The summed E-state index contributed by atoms with van der Waals surface area (Å²) in [5.41, 5.74) is 1.37. The molecule has 3 heteroatoms. The Hall–Kier alpha value is -1.12. The second-order valence-corrected chi connectivity index (χ2v) is 6.74. The third kappa shape index (κ3) is 4.92. The van der Waals surface area contributed by atoms with Crippen molar-refractivity contribution in [3.05, 3.63) is 28.8 Å². The molecule has 23 heavy (non-hydrogen) atoms. The zero-order valence-corrected chi connectivity index (χ0v) is 14.6. The lowest BCUT2D eigenvalue weighted by Crippen LogP contribution is -2.24. The molecule has 0 amide bonds. The van der Waals surface area contributed by atoms with Crippen molar-refractivity contribution in [1.29, 1.82) is 0 Å². The predicted molar refractivity (Wildman–Crippen MR) is 91.1 cm³/mol. The molecule has 0 fully saturated rings. The average Bonchev–Trinajstić information content (AvgIpc) is 2.56. The van der Waals surface area contributed by atoms with Gasteiger partial charge in [-0.3, -0.25) is 0 Å². The molecule has 0 aliphatic carbocycles. The molecular formula is C20H30F2O. The van der Waals surface area contributed by atoms with Gasteiger partial charge in [0.05, 0.1) is 6.10 Å². The van der Waals surface area contributed by atoms with E-state index < -0.39 is 11.6 Å². The van der Waals surface area contributed by atoms with Gasteiger partial charge in [-0.05, 0) is 55.7 Å². The summed E-state index contributed by atoms with van der Waals surface area (Å²) in [7, 11) is 0. The van der Waals surface area contributed by atoms with E-state index in [1.165, 1.54) is 6.42 Å². The minimum absolute atomic E-state index is 0.0401. The molecule has 0 spiro atoms. The fourth-order valence-corrected chi connectivity index (χ4v) is 3.33. The molecule has 130 valence electrons. The highest BCUT2D eigenvalue weighted by atomic mass is 19.2. The highest BCUT2D eigenvalue weighted by molar-refractivity contribution is 5.41. The smallest absolute Gasteiger partial charge is 0.201 e. The Morgan fingerprint density at radius 3 is 2.48 bits per heavy atom. The molecule has 1 nitrogen and oxygen atoms in total. The second kappa shape index (κ2) is 9.24. The molecule has 1 heterocycles. The van der Waals surface area contributed by atoms with Gasteiger partial charge in [-0.1, -0.05) is 46.0 Å². The molecule has 1 atom stereocenters. The zero-order valence-electron chi connectivity index (χ0n) is 14.6. The van der Waals surface area contributed by atoms with Gasteiger partial charge in [0.25, 0.3) is 0 Å². The lowest BCUT2D eigenvalue weighted by molar-refractivity contribution is 0.150. The molecule has 0 bridgehead atoms. The van der Waals surface area contributed by atoms with E-state index in [1.54, 1.807) is 0 Å². The van der Waals surface area contributed by atoms with Crippen LogP contribution in [0.15, 0.2) is 6.07 Å². The van der Waals surface area contributed by atoms with Crippen molar-refractivity contribution in [2.24, 2.45) is 0 Å². The van der Waals surface area contributed by atoms with Gasteiger partial charge >= 0.3 is 0 Å². The first-order valence-corrected chi connectivity index (χ1v) is 9.33. The van der Waals surface area contributed by atoms with E-state index >= 15 is 0 Å². The standard InChI is InChI=1S/C20H30F2O/c1-3-5-7-9-10-15-14-16-12-13-17(11-8-6-4-2)23-20(16)19(22)18(15)21/h14,17H,3-13H2,1-2H3. The van der Waals surface area contributed by atoms with Gasteiger partial charge in [0, 0.05) is 0 Å². The van der Waals surface area contributed by atoms with Crippen LogP contribution >= 0.6 is 0 Å². The summed E-state index contributed by atoms with van der Waals surface area (Å²) >= 11 is 0. The molecule has 1 aromatic carbocycles. The molecule has 0 N–H and O–H groups in total. The summed E-state index contributed by atoms with van der Waals surface area (Å²) in [5.74, 6) is -1.30. The van der Waals surface area contributed by atoms with Crippen LogP contribution in [0.3, 0.4) is 0 Å². The quantitative estimate of drug-likeness (QED) is 0.480. The van der Waals surface area contributed by atoms with Crippen molar-refractivity contribution in [2.75, 3.05) is 0 Å². The average molecular weight is 324 g/mol. The third-order valence-corrected chi connectivity index (χ3v) is 4.76. The molecule has 0 saturated heterocycles. The first-order chi connectivity index (χ1) is 11.2. The SMILES string of the molecule is CCCCCCc1cc2c(c(F)c1F)OC(CCCCC)CC2. The Balaban J connectivity index is 2.02. The van der Waals surface area contributed by atoms with Gasteiger partial charge in [-0.2, -0.15) is 4.39 Å². The Kier molecular flexibility index (Phi) is 7.32. The Morgan fingerprint density at radius 2 is 1.74 bits per heavy atom. The lowest BCUT2D eigenvalue weighted by atomic mass is 9.95. The van der Waals surface area contributed by atoms with Crippen molar-refractivity contribution in [1.82, 2.24) is 0 Å². The summed E-state index contributed by atoms with van der Waals surface area (Å²) < 4.78 is 34.4. The van der Waals surface area contributed by atoms with Gasteiger partial charge < -0.3 is 4.74 Å². The van der Waals surface area contributed by atoms with E-state index in [0.717, 1.165) is 63.4 Å². The van der Waals surface area contributed by atoms with Crippen LogP contribution in [0.2, 0.25) is 0 Å². The number of halogens is 2. The van der Waals surface area contributed by atoms with Crippen LogP contribution in [0.25, 0.3) is 0 Å². The van der Waals surface area contributed by atoms with E-state index in [2.05, 4.69) is 13.8 Å². The predicted octanol–water partition coefficient (Wildman–Crippen LogP) is 6.36. The number of unbranched alkanes of at least 4 members (excludes halogenated alkanes) is 5. The van der Waals surface area contributed by atoms with Crippen LogP contribution in [-0.2, 0) is 12.8 Å². The highest BCUT2D eigenvalue weighted by Crippen LogP contribution is 2.35. The minimum Gasteiger partial charge on any atom is -0.487 e. The minimum atomic E-state index is -0.770. The number of rotatable bonds is 9. The Bertz CT molecular complexity index is 499. The fourth-order valence-electron chi connectivity index (χ4n) is 3.33. The van der Waals surface area contributed by atoms with Crippen molar-refractivity contribution < 1.29 is 13.5 Å². The maximum absolute atomic E-state index is 14.4. The topological polar surface area (TPSA) is 9.23 Å². The van der Waals surface area contributed by atoms with Crippen LogP contribution in [0, 0.1) is 11.6 Å². The number of aryl methyl sites for hydroxylation is 2. The van der Waals surface area contributed by atoms with Gasteiger partial charge in [0.2, 0.25) is 5.82 Å².